The van der Waals surface area contributed by atoms with Crippen LogP contribution in [0, 0.1) is 0 Å². The van der Waals surface area contributed by atoms with Gasteiger partial charge in [0.2, 0.25) is 0 Å². The van der Waals surface area contributed by atoms with Crippen LogP contribution in [-0.4, -0.2) is 70.3 Å². The van der Waals surface area contributed by atoms with Crippen LogP contribution in [0.5, 0.6) is 0 Å². The second-order valence-corrected chi connectivity index (χ2v) is 11.8. The molecule has 0 saturated carbocycles. The van der Waals surface area contributed by atoms with Gasteiger partial charge in [-0.25, -0.2) is 23.1 Å². The van der Waals surface area contributed by atoms with E-state index in [1.165, 1.54) is 10.9 Å². The zero-order chi connectivity index (χ0) is 24.3. The van der Waals surface area contributed by atoms with Crippen LogP contribution in [0.2, 0.25) is 0 Å². The number of nitrogens with zero attached hydrogens (tertiary/aromatic N) is 5. The molecular formula is C23H28N6O4S. The summed E-state index contributed by atoms with van der Waals surface area (Å²) in [4.78, 5) is 13.8. The fourth-order valence-corrected chi connectivity index (χ4v) is 4.78. The third kappa shape index (κ3) is 3.55. The molecular weight excluding hydrogens is 456 g/mol. The monoisotopic (exact) mass is 484 g/mol. The minimum absolute atomic E-state index is 0.0713. The largest absolute Gasteiger partial charge is 0.392 e. The molecule has 0 radical (unpaired) electrons. The molecule has 34 heavy (non-hydrogen) atoms. The molecule has 4 heterocycles. The molecule has 0 bridgehead atoms. The molecule has 4 aromatic rings. The lowest BCUT2D eigenvalue weighted by molar-refractivity contribution is 0.0987. The highest BCUT2D eigenvalue weighted by Crippen LogP contribution is 2.35. The summed E-state index contributed by atoms with van der Waals surface area (Å²) in [6.07, 6.45) is 4.66. The van der Waals surface area contributed by atoms with E-state index in [1.54, 1.807) is 20.0 Å². The molecule has 5 rings (SSSR count). The van der Waals surface area contributed by atoms with E-state index in [1.807, 2.05) is 24.4 Å². The minimum atomic E-state index is -3.51. The Kier molecular flexibility index (Phi) is 5.38. The van der Waals surface area contributed by atoms with Crippen molar-refractivity contribution in [1.82, 2.24) is 24.7 Å². The van der Waals surface area contributed by atoms with E-state index in [2.05, 4.69) is 21.9 Å². The SMILES string of the molecule is C[C@@H]1COCCN1c1nc(-c2cc(CO)cc3[nH]ccc23)nc2c1cnn2C(C)(C)S(C)(=O)=O. The fraction of sp³-hybridized carbons (Fsp3) is 0.435. The number of nitrogens with one attached hydrogen (secondary N) is 1. The predicted molar refractivity (Wildman–Crippen MR) is 130 cm³/mol. The minimum Gasteiger partial charge on any atom is -0.392 e. The average Bonchev–Trinajstić information content (AvgIpc) is 3.44. The van der Waals surface area contributed by atoms with Crippen LogP contribution < -0.4 is 4.90 Å². The van der Waals surface area contributed by atoms with Gasteiger partial charge >= 0.3 is 0 Å². The van der Waals surface area contributed by atoms with E-state index in [9.17, 15) is 13.5 Å². The van der Waals surface area contributed by atoms with Crippen molar-refractivity contribution in [2.24, 2.45) is 0 Å². The first-order valence-electron chi connectivity index (χ1n) is 11.1. The highest BCUT2D eigenvalue weighted by Gasteiger charge is 2.36. The number of H-pyrrole nitrogens is 1. The summed E-state index contributed by atoms with van der Waals surface area (Å²) in [5.41, 5.74) is 2.76. The molecule has 0 amide bonds. The first-order valence-corrected chi connectivity index (χ1v) is 13.0. The Labute approximate surface area is 197 Å². The van der Waals surface area contributed by atoms with Gasteiger partial charge in [0.1, 0.15) is 5.82 Å². The number of sulfone groups is 1. The van der Waals surface area contributed by atoms with Crippen molar-refractivity contribution in [3.05, 3.63) is 36.2 Å². The molecule has 180 valence electrons. The highest BCUT2D eigenvalue weighted by molar-refractivity contribution is 7.91. The number of aromatic amines is 1. The molecule has 1 aromatic carbocycles. The van der Waals surface area contributed by atoms with Gasteiger partial charge in [-0.2, -0.15) is 5.10 Å². The smallest absolute Gasteiger partial charge is 0.172 e. The summed E-state index contributed by atoms with van der Waals surface area (Å²) in [6, 6.07) is 5.77. The van der Waals surface area contributed by atoms with Crippen LogP contribution >= 0.6 is 0 Å². The molecule has 0 unspecified atom stereocenters. The molecule has 0 aliphatic carbocycles. The summed E-state index contributed by atoms with van der Waals surface area (Å²) in [5.74, 6) is 1.12. The van der Waals surface area contributed by atoms with E-state index in [0.717, 1.165) is 22.0 Å². The standard InChI is InChI=1S/C23H28N6O4S/c1-14-13-33-8-7-28(14)21-18-11-25-29(23(2,3)34(4,31)32)22(18)27-20(26-21)17-9-15(12-30)10-19-16(17)5-6-24-19/h5-6,9-11,14,24,30H,7-8,12-13H2,1-4H3/t14-/m1/s1. The van der Waals surface area contributed by atoms with Crippen LogP contribution in [0.1, 0.15) is 26.3 Å². The third-order valence-electron chi connectivity index (χ3n) is 6.62. The molecule has 11 heteroatoms. The molecule has 0 spiro atoms. The van der Waals surface area contributed by atoms with Gasteiger partial charge in [0.25, 0.3) is 0 Å². The van der Waals surface area contributed by atoms with Crippen molar-refractivity contribution in [3.63, 3.8) is 0 Å². The summed E-state index contributed by atoms with van der Waals surface area (Å²) in [5, 5.41) is 15.9. The van der Waals surface area contributed by atoms with Gasteiger partial charge in [-0.3, -0.25) is 0 Å². The summed E-state index contributed by atoms with van der Waals surface area (Å²) in [6.45, 7) is 6.94. The fourth-order valence-electron chi connectivity index (χ4n) is 4.33. The number of rotatable bonds is 5. The van der Waals surface area contributed by atoms with Gasteiger partial charge in [0.15, 0.2) is 26.2 Å². The van der Waals surface area contributed by atoms with Crippen LogP contribution in [0.4, 0.5) is 5.82 Å². The highest BCUT2D eigenvalue weighted by atomic mass is 32.2. The Hall–Kier alpha value is -3.02. The summed E-state index contributed by atoms with van der Waals surface area (Å²) < 4.78 is 32.4. The zero-order valence-electron chi connectivity index (χ0n) is 19.6. The number of aromatic nitrogens is 5. The molecule has 2 N–H and O–H groups in total. The Morgan fingerprint density at radius 2 is 2.06 bits per heavy atom. The average molecular weight is 485 g/mol. The Balaban J connectivity index is 1.83. The van der Waals surface area contributed by atoms with E-state index in [4.69, 9.17) is 14.7 Å². The van der Waals surface area contributed by atoms with Gasteiger partial charge in [-0.15, -0.1) is 0 Å². The van der Waals surface area contributed by atoms with Crippen LogP contribution in [-0.2, 0) is 26.1 Å². The summed E-state index contributed by atoms with van der Waals surface area (Å²) in [7, 11) is -3.51. The van der Waals surface area contributed by atoms with E-state index < -0.39 is 14.7 Å². The molecule has 1 saturated heterocycles. The maximum absolute atomic E-state index is 12.6. The van der Waals surface area contributed by atoms with E-state index in [-0.39, 0.29) is 12.6 Å². The number of morpholine rings is 1. The first-order chi connectivity index (χ1) is 16.1. The molecule has 10 nitrogen and oxygen atoms in total. The van der Waals surface area contributed by atoms with Gasteiger partial charge < -0.3 is 19.7 Å². The Morgan fingerprint density at radius 1 is 1.26 bits per heavy atom. The molecule has 1 atom stereocenters. The van der Waals surface area contributed by atoms with Crippen molar-refractivity contribution >= 4 is 37.6 Å². The van der Waals surface area contributed by atoms with Crippen molar-refractivity contribution in [1.29, 1.82) is 0 Å². The van der Waals surface area contributed by atoms with Gasteiger partial charge in [0, 0.05) is 35.5 Å². The Morgan fingerprint density at radius 3 is 2.76 bits per heavy atom. The maximum atomic E-state index is 12.6. The Bertz CT molecular complexity index is 1490. The lowest BCUT2D eigenvalue weighted by Gasteiger charge is -2.34. The van der Waals surface area contributed by atoms with Gasteiger partial charge in [0.05, 0.1) is 37.4 Å². The molecule has 1 aliphatic rings. The van der Waals surface area contributed by atoms with Gasteiger partial charge in [-0.05, 0) is 44.5 Å². The normalized spacial score (nSPS) is 17.7. The number of benzene rings is 1. The third-order valence-corrected chi connectivity index (χ3v) is 8.61. The second-order valence-electron chi connectivity index (χ2n) is 9.24. The molecule has 3 aromatic heterocycles. The summed E-state index contributed by atoms with van der Waals surface area (Å²) >= 11 is 0. The lowest BCUT2D eigenvalue weighted by Crippen LogP contribution is -2.44. The molecule has 1 aliphatic heterocycles. The number of fused-ring (bicyclic) bond motifs is 2. The van der Waals surface area contributed by atoms with Crippen LogP contribution in [0.25, 0.3) is 33.3 Å². The number of ether oxygens (including phenoxy) is 1. The molecule has 1 fully saturated rings. The lowest BCUT2D eigenvalue weighted by atomic mass is 10.1. The first kappa shape index (κ1) is 22.8. The van der Waals surface area contributed by atoms with Gasteiger partial charge in [-0.1, -0.05) is 0 Å². The topological polar surface area (TPSA) is 126 Å². The number of hydrogen-bond donors (Lipinski definition) is 2. The van der Waals surface area contributed by atoms with Crippen molar-refractivity contribution in [2.45, 2.75) is 38.3 Å². The van der Waals surface area contributed by atoms with Crippen molar-refractivity contribution in [2.75, 3.05) is 30.9 Å². The predicted octanol–water partition coefficient (Wildman–Crippen LogP) is 2.43. The van der Waals surface area contributed by atoms with Crippen LogP contribution in [0.15, 0.2) is 30.6 Å². The van der Waals surface area contributed by atoms with E-state index >= 15 is 0 Å². The van der Waals surface area contributed by atoms with Crippen LogP contribution in [0.3, 0.4) is 0 Å². The zero-order valence-corrected chi connectivity index (χ0v) is 20.4. The van der Waals surface area contributed by atoms with Crippen molar-refractivity contribution in [3.8, 4) is 11.4 Å². The quantitative estimate of drug-likeness (QED) is 0.442. The maximum Gasteiger partial charge on any atom is 0.172 e. The van der Waals surface area contributed by atoms with E-state index in [0.29, 0.717) is 42.4 Å². The number of hydrogen-bond acceptors (Lipinski definition) is 8. The second kappa shape index (κ2) is 8.03. The number of aliphatic hydroxyl groups is 1. The number of anilines is 1. The number of aliphatic hydroxyl groups excluding tert-OH is 1. The van der Waals surface area contributed by atoms with Crippen molar-refractivity contribution < 1.29 is 18.3 Å².